The SMILES string of the molecule is CCN(c1ccc2sc(C(=O)NCCSc3n[nH]c(-c4ccccc4)n3)cc2c1)S(=O)(=O)c1ccc(C)cc1. The van der Waals surface area contributed by atoms with Gasteiger partial charge in [0.05, 0.1) is 15.5 Å². The van der Waals surface area contributed by atoms with Crippen molar-refractivity contribution >= 4 is 54.8 Å². The van der Waals surface area contributed by atoms with Gasteiger partial charge in [-0.3, -0.25) is 14.2 Å². The molecule has 0 saturated heterocycles. The first kappa shape index (κ1) is 26.9. The number of hydrogen-bond donors (Lipinski definition) is 2. The fraction of sp³-hybridized carbons (Fsp3) is 0.179. The van der Waals surface area contributed by atoms with Crippen LogP contribution < -0.4 is 9.62 Å². The number of anilines is 1. The van der Waals surface area contributed by atoms with Gasteiger partial charge in [-0.1, -0.05) is 59.8 Å². The Morgan fingerprint density at radius 3 is 2.56 bits per heavy atom. The summed E-state index contributed by atoms with van der Waals surface area (Å²) in [6, 6.07) is 23.9. The molecule has 0 fully saturated rings. The van der Waals surface area contributed by atoms with Crippen LogP contribution in [0.4, 0.5) is 5.69 Å². The minimum atomic E-state index is -3.71. The number of carbonyl (C=O) groups is 1. The molecule has 8 nitrogen and oxygen atoms in total. The molecule has 5 aromatic rings. The number of nitrogens with one attached hydrogen (secondary N) is 2. The topological polar surface area (TPSA) is 108 Å². The van der Waals surface area contributed by atoms with Crippen LogP contribution in [0.25, 0.3) is 21.5 Å². The molecule has 0 bridgehead atoms. The van der Waals surface area contributed by atoms with E-state index in [-0.39, 0.29) is 17.3 Å². The zero-order chi connectivity index (χ0) is 27.4. The van der Waals surface area contributed by atoms with Gasteiger partial charge in [0.25, 0.3) is 15.9 Å². The quantitative estimate of drug-likeness (QED) is 0.162. The summed E-state index contributed by atoms with van der Waals surface area (Å²) in [7, 11) is -3.71. The maximum Gasteiger partial charge on any atom is 0.264 e. The van der Waals surface area contributed by atoms with E-state index in [1.807, 2.05) is 49.4 Å². The Balaban J connectivity index is 1.22. The summed E-state index contributed by atoms with van der Waals surface area (Å²) in [6.45, 7) is 4.47. The first-order chi connectivity index (χ1) is 18.8. The molecule has 39 heavy (non-hydrogen) atoms. The van der Waals surface area contributed by atoms with Crippen LogP contribution in [0.15, 0.2) is 88.9 Å². The zero-order valence-electron chi connectivity index (χ0n) is 21.4. The van der Waals surface area contributed by atoms with Gasteiger partial charge in [0.1, 0.15) is 0 Å². The van der Waals surface area contributed by atoms with Crippen molar-refractivity contribution in [2.45, 2.75) is 23.9 Å². The lowest BCUT2D eigenvalue weighted by molar-refractivity contribution is 0.0960. The average molecular weight is 578 g/mol. The summed E-state index contributed by atoms with van der Waals surface area (Å²) in [6.07, 6.45) is 0. The van der Waals surface area contributed by atoms with Crippen molar-refractivity contribution in [1.82, 2.24) is 20.5 Å². The first-order valence-electron chi connectivity index (χ1n) is 12.4. The average Bonchev–Trinajstić information content (AvgIpc) is 3.59. The van der Waals surface area contributed by atoms with Crippen molar-refractivity contribution in [3.63, 3.8) is 0 Å². The highest BCUT2D eigenvalue weighted by atomic mass is 32.2. The number of amides is 1. The van der Waals surface area contributed by atoms with Crippen molar-refractivity contribution in [3.8, 4) is 11.4 Å². The molecule has 5 rings (SSSR count). The third-order valence-corrected chi connectivity index (χ3v) is 9.92. The van der Waals surface area contributed by atoms with Crippen LogP contribution in [0.3, 0.4) is 0 Å². The highest BCUT2D eigenvalue weighted by Crippen LogP contribution is 2.32. The maximum atomic E-state index is 13.3. The number of rotatable bonds is 10. The van der Waals surface area contributed by atoms with E-state index in [4.69, 9.17) is 0 Å². The van der Waals surface area contributed by atoms with Crippen LogP contribution in [0.1, 0.15) is 22.2 Å². The van der Waals surface area contributed by atoms with Gasteiger partial charge >= 0.3 is 0 Å². The van der Waals surface area contributed by atoms with Crippen molar-refractivity contribution in [3.05, 3.63) is 89.3 Å². The number of nitrogens with zero attached hydrogens (tertiary/aromatic N) is 3. The van der Waals surface area contributed by atoms with E-state index in [0.29, 0.717) is 33.8 Å². The Kier molecular flexibility index (Phi) is 8.01. The molecule has 2 N–H and O–H groups in total. The van der Waals surface area contributed by atoms with Crippen LogP contribution in [-0.2, 0) is 10.0 Å². The Morgan fingerprint density at radius 1 is 1.05 bits per heavy atom. The number of sulfonamides is 1. The standard InChI is InChI=1S/C28H27N5O3S3/c1-3-33(39(35,36)23-12-9-19(2)10-13-23)22-11-14-24-21(17-22)18-25(38-24)27(34)29-15-16-37-28-30-26(31-32-28)20-7-5-4-6-8-20/h4-14,17-18H,3,15-16H2,1-2H3,(H,29,34)(H,30,31,32). The molecule has 0 aliphatic heterocycles. The summed E-state index contributed by atoms with van der Waals surface area (Å²) in [5, 5.41) is 11.6. The second kappa shape index (κ2) is 11.6. The predicted molar refractivity (Wildman–Crippen MR) is 158 cm³/mol. The van der Waals surface area contributed by atoms with E-state index < -0.39 is 10.0 Å². The minimum Gasteiger partial charge on any atom is -0.350 e. The molecule has 0 spiro atoms. The highest BCUT2D eigenvalue weighted by Gasteiger charge is 2.24. The van der Waals surface area contributed by atoms with E-state index in [9.17, 15) is 13.2 Å². The van der Waals surface area contributed by atoms with Gasteiger partial charge in [-0.05, 0) is 55.6 Å². The highest BCUT2D eigenvalue weighted by molar-refractivity contribution is 7.99. The van der Waals surface area contributed by atoms with Gasteiger partial charge in [0.15, 0.2) is 5.82 Å². The summed E-state index contributed by atoms with van der Waals surface area (Å²) in [5.41, 5.74) is 2.53. The van der Waals surface area contributed by atoms with Crippen molar-refractivity contribution in [2.75, 3.05) is 23.1 Å². The van der Waals surface area contributed by atoms with Gasteiger partial charge in [-0.25, -0.2) is 13.4 Å². The number of benzene rings is 3. The number of aromatic amines is 1. The molecule has 1 amide bonds. The number of aryl methyl sites for hydroxylation is 1. The largest absolute Gasteiger partial charge is 0.350 e. The molecular formula is C28H27N5O3S3. The molecule has 2 aromatic heterocycles. The van der Waals surface area contributed by atoms with Crippen LogP contribution >= 0.6 is 23.1 Å². The van der Waals surface area contributed by atoms with Crippen molar-refractivity contribution < 1.29 is 13.2 Å². The van der Waals surface area contributed by atoms with Crippen molar-refractivity contribution in [1.29, 1.82) is 0 Å². The molecule has 0 unspecified atom stereocenters. The molecule has 11 heteroatoms. The Morgan fingerprint density at radius 2 is 1.82 bits per heavy atom. The maximum absolute atomic E-state index is 13.3. The fourth-order valence-corrected chi connectivity index (χ4v) is 7.13. The van der Waals surface area contributed by atoms with Crippen LogP contribution in [-0.4, -0.2) is 48.3 Å². The van der Waals surface area contributed by atoms with E-state index in [1.165, 1.54) is 27.4 Å². The number of thiophene rings is 1. The number of carbonyl (C=O) groups excluding carboxylic acids is 1. The molecule has 200 valence electrons. The number of aromatic nitrogens is 3. The third kappa shape index (κ3) is 6.00. The van der Waals surface area contributed by atoms with Crippen LogP contribution in [0.2, 0.25) is 0 Å². The summed E-state index contributed by atoms with van der Waals surface area (Å²) in [5.74, 6) is 1.16. The molecule has 0 atom stereocenters. The van der Waals surface area contributed by atoms with E-state index in [2.05, 4.69) is 20.5 Å². The van der Waals surface area contributed by atoms with Gasteiger partial charge in [0, 0.05) is 29.1 Å². The molecule has 0 radical (unpaired) electrons. The van der Waals surface area contributed by atoms with Crippen LogP contribution in [0, 0.1) is 6.92 Å². The lowest BCUT2D eigenvalue weighted by Crippen LogP contribution is -2.30. The number of H-pyrrole nitrogens is 1. The van der Waals surface area contributed by atoms with E-state index in [0.717, 1.165) is 21.2 Å². The van der Waals surface area contributed by atoms with Gasteiger partial charge in [-0.15, -0.1) is 16.4 Å². The van der Waals surface area contributed by atoms with E-state index >= 15 is 0 Å². The molecule has 0 aliphatic rings. The summed E-state index contributed by atoms with van der Waals surface area (Å²) < 4.78 is 28.9. The number of hydrogen-bond acceptors (Lipinski definition) is 7. The van der Waals surface area contributed by atoms with E-state index in [1.54, 1.807) is 43.3 Å². The smallest absolute Gasteiger partial charge is 0.264 e. The molecular weight excluding hydrogens is 551 g/mol. The van der Waals surface area contributed by atoms with Gasteiger partial charge in [-0.2, -0.15) is 0 Å². The van der Waals surface area contributed by atoms with Crippen LogP contribution in [0.5, 0.6) is 0 Å². The normalized spacial score (nSPS) is 11.5. The Hall–Kier alpha value is -3.67. The zero-order valence-corrected chi connectivity index (χ0v) is 23.9. The molecule has 3 aromatic carbocycles. The lowest BCUT2D eigenvalue weighted by atomic mass is 10.2. The molecule has 2 heterocycles. The van der Waals surface area contributed by atoms with Gasteiger partial charge in [0.2, 0.25) is 5.16 Å². The second-order valence-corrected chi connectivity index (χ2v) is 12.8. The second-order valence-electron chi connectivity index (χ2n) is 8.75. The number of fused-ring (bicyclic) bond motifs is 1. The molecule has 0 saturated carbocycles. The van der Waals surface area contributed by atoms with Crippen molar-refractivity contribution in [2.24, 2.45) is 0 Å². The summed E-state index contributed by atoms with van der Waals surface area (Å²) in [4.78, 5) is 18.1. The third-order valence-electron chi connectivity index (χ3n) is 6.04. The monoisotopic (exact) mass is 577 g/mol. The Labute approximate surface area is 235 Å². The van der Waals surface area contributed by atoms with Gasteiger partial charge < -0.3 is 5.32 Å². The Bertz CT molecular complexity index is 1700. The molecule has 0 aliphatic carbocycles. The fourth-order valence-electron chi connectivity index (χ4n) is 4.06. The predicted octanol–water partition coefficient (Wildman–Crippen LogP) is 5.73. The first-order valence-corrected chi connectivity index (χ1v) is 15.6. The minimum absolute atomic E-state index is 0.169. The summed E-state index contributed by atoms with van der Waals surface area (Å²) >= 11 is 2.84. The lowest BCUT2D eigenvalue weighted by Gasteiger charge is -2.23. The number of thioether (sulfide) groups is 1.